The van der Waals surface area contributed by atoms with Gasteiger partial charge in [0, 0.05) is 5.02 Å². The van der Waals surface area contributed by atoms with Crippen LogP contribution in [0.4, 0.5) is 0 Å². The zero-order valence-electron chi connectivity index (χ0n) is 8.42. The number of rotatable bonds is 3. The summed E-state index contributed by atoms with van der Waals surface area (Å²) in [5.74, 6) is -0.237. The molecule has 0 saturated carbocycles. The Morgan fingerprint density at radius 3 is 2.69 bits per heavy atom. The maximum absolute atomic E-state index is 9.10. The Labute approximate surface area is 98.1 Å². The highest BCUT2D eigenvalue weighted by molar-refractivity contribution is 6.30. The first-order chi connectivity index (χ1) is 7.79. The van der Waals surface area contributed by atoms with Crippen molar-refractivity contribution in [3.8, 4) is 6.07 Å². The lowest BCUT2D eigenvalue weighted by Crippen LogP contribution is -2.08. The molecule has 0 amide bonds. The highest BCUT2D eigenvalue weighted by atomic mass is 35.5. The molecule has 1 atom stereocenters. The fourth-order valence-corrected chi connectivity index (χ4v) is 1.56. The van der Waals surface area contributed by atoms with Crippen molar-refractivity contribution in [2.45, 2.75) is 12.5 Å². The summed E-state index contributed by atoms with van der Waals surface area (Å²) in [4.78, 5) is 3.84. The molecule has 1 aromatic carbocycles. The minimum Gasteiger partial charge on any atom is -0.251 e. The normalized spacial score (nSPS) is 12.0. The third kappa shape index (κ3) is 2.38. The highest BCUT2D eigenvalue weighted by Gasteiger charge is 2.11. The average molecular weight is 233 g/mol. The maximum atomic E-state index is 9.10. The maximum Gasteiger partial charge on any atom is 0.137 e. The van der Waals surface area contributed by atoms with Gasteiger partial charge in [-0.25, -0.2) is 4.98 Å². The second kappa shape index (κ2) is 4.77. The van der Waals surface area contributed by atoms with E-state index in [1.165, 1.54) is 6.33 Å². The Kier molecular flexibility index (Phi) is 3.18. The van der Waals surface area contributed by atoms with E-state index in [2.05, 4.69) is 16.2 Å². The third-order valence-corrected chi connectivity index (χ3v) is 2.52. The lowest BCUT2D eigenvalue weighted by atomic mass is 10.0. The van der Waals surface area contributed by atoms with Gasteiger partial charge in [0.25, 0.3) is 0 Å². The zero-order valence-corrected chi connectivity index (χ0v) is 9.17. The van der Waals surface area contributed by atoms with E-state index in [1.807, 2.05) is 12.1 Å². The molecular weight excluding hydrogens is 224 g/mol. The molecule has 0 bridgehead atoms. The second-order valence-corrected chi connectivity index (χ2v) is 3.79. The lowest BCUT2D eigenvalue weighted by Gasteiger charge is -2.08. The zero-order chi connectivity index (χ0) is 11.4. The summed E-state index contributed by atoms with van der Waals surface area (Å²) in [6.07, 6.45) is 3.05. The van der Waals surface area contributed by atoms with Crippen LogP contribution >= 0.6 is 11.6 Å². The van der Waals surface area contributed by atoms with Gasteiger partial charge in [-0.15, -0.1) is 0 Å². The Balaban J connectivity index is 2.17. The van der Waals surface area contributed by atoms with E-state index < -0.39 is 0 Å². The summed E-state index contributed by atoms with van der Waals surface area (Å²) < 4.78 is 1.64. The standard InChI is InChI=1S/C11H9ClN4/c12-11-3-1-9(2-4-11)10(5-13)6-16-8-14-7-15-16/h1-4,7-8,10H,6H2. The van der Waals surface area contributed by atoms with Crippen LogP contribution in [0.1, 0.15) is 11.5 Å². The summed E-state index contributed by atoms with van der Waals surface area (Å²) in [7, 11) is 0. The van der Waals surface area contributed by atoms with Crippen molar-refractivity contribution in [1.82, 2.24) is 14.8 Å². The summed E-state index contributed by atoms with van der Waals surface area (Å²) in [5.41, 5.74) is 0.933. The van der Waals surface area contributed by atoms with E-state index in [0.717, 1.165) is 5.56 Å². The molecule has 1 aromatic heterocycles. The summed E-state index contributed by atoms with van der Waals surface area (Å²) in [5, 5.41) is 13.7. The minimum absolute atomic E-state index is 0.237. The lowest BCUT2D eigenvalue weighted by molar-refractivity contribution is 0.577. The first-order valence-electron chi connectivity index (χ1n) is 4.77. The van der Waals surface area contributed by atoms with Crippen molar-refractivity contribution in [2.24, 2.45) is 0 Å². The van der Waals surface area contributed by atoms with Gasteiger partial charge >= 0.3 is 0 Å². The van der Waals surface area contributed by atoms with Crippen LogP contribution in [0.25, 0.3) is 0 Å². The smallest absolute Gasteiger partial charge is 0.137 e. The summed E-state index contributed by atoms with van der Waals surface area (Å²) >= 11 is 5.79. The SMILES string of the molecule is N#CC(Cn1cncn1)c1ccc(Cl)cc1. The second-order valence-electron chi connectivity index (χ2n) is 3.35. The van der Waals surface area contributed by atoms with E-state index in [0.29, 0.717) is 11.6 Å². The molecule has 2 rings (SSSR count). The van der Waals surface area contributed by atoms with Gasteiger partial charge in [-0.1, -0.05) is 23.7 Å². The Bertz CT molecular complexity index is 484. The number of halogens is 1. The summed E-state index contributed by atoms with van der Waals surface area (Å²) in [6, 6.07) is 9.51. The Morgan fingerprint density at radius 1 is 1.38 bits per heavy atom. The molecule has 16 heavy (non-hydrogen) atoms. The van der Waals surface area contributed by atoms with E-state index in [4.69, 9.17) is 16.9 Å². The highest BCUT2D eigenvalue weighted by Crippen LogP contribution is 2.19. The van der Waals surface area contributed by atoms with Gasteiger partial charge < -0.3 is 0 Å². The number of nitrogens with zero attached hydrogens (tertiary/aromatic N) is 4. The van der Waals surface area contributed by atoms with Crippen molar-refractivity contribution < 1.29 is 0 Å². The van der Waals surface area contributed by atoms with Gasteiger partial charge in [-0.2, -0.15) is 10.4 Å². The van der Waals surface area contributed by atoms with Crippen molar-refractivity contribution >= 4 is 11.6 Å². The van der Waals surface area contributed by atoms with Crippen LogP contribution in [-0.4, -0.2) is 14.8 Å². The molecule has 0 aliphatic rings. The molecule has 0 spiro atoms. The number of hydrogen-bond donors (Lipinski definition) is 0. The van der Waals surface area contributed by atoms with Gasteiger partial charge in [0.1, 0.15) is 12.7 Å². The molecule has 0 aliphatic carbocycles. The van der Waals surface area contributed by atoms with Gasteiger partial charge in [0.2, 0.25) is 0 Å². The molecule has 0 radical (unpaired) electrons. The van der Waals surface area contributed by atoms with Crippen LogP contribution in [0.15, 0.2) is 36.9 Å². The van der Waals surface area contributed by atoms with Gasteiger partial charge in [0.15, 0.2) is 0 Å². The van der Waals surface area contributed by atoms with Gasteiger partial charge in [0.05, 0.1) is 18.5 Å². The van der Waals surface area contributed by atoms with E-state index >= 15 is 0 Å². The van der Waals surface area contributed by atoms with E-state index in [1.54, 1.807) is 23.1 Å². The minimum atomic E-state index is -0.237. The van der Waals surface area contributed by atoms with Crippen LogP contribution in [0.3, 0.4) is 0 Å². The van der Waals surface area contributed by atoms with Gasteiger partial charge in [-0.3, -0.25) is 4.68 Å². The first-order valence-corrected chi connectivity index (χ1v) is 5.15. The number of hydrogen-bond acceptors (Lipinski definition) is 3. The van der Waals surface area contributed by atoms with Crippen LogP contribution in [0.2, 0.25) is 5.02 Å². The molecule has 1 heterocycles. The first kappa shape index (κ1) is 10.7. The molecular formula is C11H9ClN4. The molecule has 80 valence electrons. The van der Waals surface area contributed by atoms with Gasteiger partial charge in [-0.05, 0) is 17.7 Å². The van der Waals surface area contributed by atoms with Crippen LogP contribution in [0, 0.1) is 11.3 Å². The van der Waals surface area contributed by atoms with Crippen LogP contribution in [-0.2, 0) is 6.54 Å². The van der Waals surface area contributed by atoms with E-state index in [-0.39, 0.29) is 5.92 Å². The molecule has 1 unspecified atom stereocenters. The van der Waals surface area contributed by atoms with Crippen molar-refractivity contribution in [3.63, 3.8) is 0 Å². The predicted molar refractivity (Wildman–Crippen MR) is 59.8 cm³/mol. The molecule has 4 nitrogen and oxygen atoms in total. The molecule has 0 fully saturated rings. The van der Waals surface area contributed by atoms with Crippen molar-refractivity contribution in [1.29, 1.82) is 5.26 Å². The number of benzene rings is 1. The Morgan fingerprint density at radius 2 is 2.12 bits per heavy atom. The van der Waals surface area contributed by atoms with Crippen LogP contribution in [0.5, 0.6) is 0 Å². The number of aromatic nitrogens is 3. The molecule has 2 aromatic rings. The number of nitriles is 1. The average Bonchev–Trinajstić information content (AvgIpc) is 2.80. The van der Waals surface area contributed by atoms with Crippen molar-refractivity contribution in [3.05, 3.63) is 47.5 Å². The topological polar surface area (TPSA) is 54.5 Å². The van der Waals surface area contributed by atoms with Crippen molar-refractivity contribution in [2.75, 3.05) is 0 Å². The Hall–Kier alpha value is -1.86. The quantitative estimate of drug-likeness (QED) is 0.816. The molecule has 0 aliphatic heterocycles. The van der Waals surface area contributed by atoms with Crippen LogP contribution < -0.4 is 0 Å². The molecule has 5 heteroatoms. The third-order valence-electron chi connectivity index (χ3n) is 2.26. The monoisotopic (exact) mass is 232 g/mol. The fourth-order valence-electron chi connectivity index (χ4n) is 1.43. The molecule has 0 saturated heterocycles. The predicted octanol–water partition coefficient (Wildman–Crippen LogP) is 2.24. The fraction of sp³-hybridized carbons (Fsp3) is 0.182. The van der Waals surface area contributed by atoms with E-state index in [9.17, 15) is 0 Å². The molecule has 0 N–H and O–H groups in total. The largest absolute Gasteiger partial charge is 0.251 e. The summed E-state index contributed by atoms with van der Waals surface area (Å²) in [6.45, 7) is 0.498.